The minimum Gasteiger partial charge on any atom is -0.492 e. The molecule has 4 heteroatoms. The number of hydrogen-bond acceptors (Lipinski definition) is 4. The van der Waals surface area contributed by atoms with Gasteiger partial charge in [0.25, 0.3) is 0 Å². The van der Waals surface area contributed by atoms with Crippen LogP contribution in [0.15, 0.2) is 24.3 Å². The van der Waals surface area contributed by atoms with E-state index in [0.717, 1.165) is 25.9 Å². The summed E-state index contributed by atoms with van der Waals surface area (Å²) in [5, 5.41) is 18.4. The largest absolute Gasteiger partial charge is 0.492 e. The van der Waals surface area contributed by atoms with Gasteiger partial charge in [0.2, 0.25) is 0 Å². The number of hydrogen-bond donors (Lipinski definition) is 1. The van der Waals surface area contributed by atoms with Gasteiger partial charge in [0.15, 0.2) is 0 Å². The minimum atomic E-state index is 0.235. The van der Waals surface area contributed by atoms with Crippen molar-refractivity contribution in [2.45, 2.75) is 25.8 Å². The number of aliphatic hydroxyl groups excluding tert-OH is 1. The lowest BCUT2D eigenvalue weighted by Gasteiger charge is -2.24. The van der Waals surface area contributed by atoms with Gasteiger partial charge in [-0.05, 0) is 37.4 Å². The molecule has 4 nitrogen and oxygen atoms in total. The van der Waals surface area contributed by atoms with Gasteiger partial charge in [-0.2, -0.15) is 5.26 Å². The molecule has 1 aliphatic rings. The van der Waals surface area contributed by atoms with Gasteiger partial charge in [0.05, 0.1) is 18.8 Å². The van der Waals surface area contributed by atoms with Crippen LogP contribution in [0.2, 0.25) is 0 Å². The summed E-state index contributed by atoms with van der Waals surface area (Å²) in [5.41, 5.74) is 0.579. The van der Waals surface area contributed by atoms with Gasteiger partial charge in [-0.1, -0.05) is 19.1 Å². The van der Waals surface area contributed by atoms with Gasteiger partial charge in [0.1, 0.15) is 11.8 Å². The van der Waals surface area contributed by atoms with E-state index in [1.165, 1.54) is 0 Å². The highest BCUT2D eigenvalue weighted by atomic mass is 16.5. The molecule has 20 heavy (non-hydrogen) atoms. The standard InChI is InChI=1S/C16H22N2O2/c1-13-7-9-18(15(13)12-19)8-4-10-20-16-6-3-2-5-14(16)11-17/h2-3,5-6,13,15,19H,4,7-10,12H2,1H3. The van der Waals surface area contributed by atoms with E-state index >= 15 is 0 Å². The van der Waals surface area contributed by atoms with E-state index in [1.54, 1.807) is 6.07 Å². The molecular formula is C16H22N2O2. The van der Waals surface area contributed by atoms with Crippen LogP contribution in [0.5, 0.6) is 5.75 Å². The highest BCUT2D eigenvalue weighted by Crippen LogP contribution is 2.23. The number of likely N-dealkylation sites (tertiary alicyclic amines) is 1. The van der Waals surface area contributed by atoms with Crippen LogP contribution < -0.4 is 4.74 Å². The van der Waals surface area contributed by atoms with E-state index in [2.05, 4.69) is 17.9 Å². The van der Waals surface area contributed by atoms with Crippen molar-refractivity contribution in [3.63, 3.8) is 0 Å². The van der Waals surface area contributed by atoms with Crippen LogP contribution in [-0.2, 0) is 0 Å². The fraction of sp³-hybridized carbons (Fsp3) is 0.562. The van der Waals surface area contributed by atoms with Crippen molar-refractivity contribution in [3.8, 4) is 11.8 Å². The molecule has 0 spiro atoms. The minimum absolute atomic E-state index is 0.235. The summed E-state index contributed by atoms with van der Waals surface area (Å²) in [6.07, 6.45) is 2.06. The van der Waals surface area contributed by atoms with E-state index in [1.807, 2.05) is 18.2 Å². The second-order valence-electron chi connectivity index (χ2n) is 5.36. The maximum Gasteiger partial charge on any atom is 0.137 e. The summed E-state index contributed by atoms with van der Waals surface area (Å²) in [4.78, 5) is 2.34. The lowest BCUT2D eigenvalue weighted by atomic mass is 10.0. The first kappa shape index (κ1) is 14.8. The third-order valence-electron chi connectivity index (χ3n) is 4.04. The number of aliphatic hydroxyl groups is 1. The van der Waals surface area contributed by atoms with Gasteiger partial charge < -0.3 is 9.84 Å². The van der Waals surface area contributed by atoms with Crippen LogP contribution >= 0.6 is 0 Å². The molecule has 1 saturated heterocycles. The molecule has 1 fully saturated rings. The molecule has 0 aromatic heterocycles. The fourth-order valence-corrected chi connectivity index (χ4v) is 2.80. The predicted octanol–water partition coefficient (Wildman–Crippen LogP) is 2.03. The molecule has 0 amide bonds. The van der Waals surface area contributed by atoms with Gasteiger partial charge in [0, 0.05) is 12.6 Å². The fourth-order valence-electron chi connectivity index (χ4n) is 2.80. The Kier molecular flexibility index (Phi) is 5.40. The smallest absolute Gasteiger partial charge is 0.137 e. The lowest BCUT2D eigenvalue weighted by molar-refractivity contribution is 0.133. The van der Waals surface area contributed by atoms with Gasteiger partial charge in [-0.3, -0.25) is 4.90 Å². The van der Waals surface area contributed by atoms with E-state index in [9.17, 15) is 5.11 Å². The molecule has 2 rings (SSSR count). The van der Waals surface area contributed by atoms with Crippen molar-refractivity contribution in [2.24, 2.45) is 5.92 Å². The third kappa shape index (κ3) is 3.50. The van der Waals surface area contributed by atoms with Crippen molar-refractivity contribution in [1.82, 2.24) is 4.90 Å². The number of nitrogens with zero attached hydrogens (tertiary/aromatic N) is 2. The molecule has 0 saturated carbocycles. The zero-order valence-electron chi connectivity index (χ0n) is 12.0. The van der Waals surface area contributed by atoms with E-state index in [-0.39, 0.29) is 6.61 Å². The Hall–Kier alpha value is -1.57. The van der Waals surface area contributed by atoms with Crippen molar-refractivity contribution in [3.05, 3.63) is 29.8 Å². The molecule has 2 atom stereocenters. The quantitative estimate of drug-likeness (QED) is 0.806. The van der Waals surface area contributed by atoms with Crippen LogP contribution in [0, 0.1) is 17.2 Å². The molecule has 0 radical (unpaired) electrons. The Bertz CT molecular complexity index is 470. The van der Waals surface area contributed by atoms with E-state index in [4.69, 9.17) is 10.00 Å². The molecule has 1 aromatic carbocycles. The first-order valence-electron chi connectivity index (χ1n) is 7.23. The summed E-state index contributed by atoms with van der Waals surface area (Å²) >= 11 is 0. The zero-order valence-corrected chi connectivity index (χ0v) is 12.0. The van der Waals surface area contributed by atoms with Crippen LogP contribution in [0.4, 0.5) is 0 Å². The molecule has 2 unspecified atom stereocenters. The monoisotopic (exact) mass is 274 g/mol. The Morgan fingerprint density at radius 2 is 2.25 bits per heavy atom. The third-order valence-corrected chi connectivity index (χ3v) is 4.04. The highest BCUT2D eigenvalue weighted by Gasteiger charge is 2.29. The first-order valence-corrected chi connectivity index (χ1v) is 7.23. The predicted molar refractivity (Wildman–Crippen MR) is 77.5 cm³/mol. The van der Waals surface area contributed by atoms with E-state index in [0.29, 0.717) is 29.9 Å². The van der Waals surface area contributed by atoms with Gasteiger partial charge in [-0.25, -0.2) is 0 Å². The summed E-state index contributed by atoms with van der Waals surface area (Å²) in [6.45, 7) is 5.02. The number of ether oxygens (including phenoxy) is 1. The Balaban J connectivity index is 1.76. The van der Waals surface area contributed by atoms with Crippen molar-refractivity contribution in [2.75, 3.05) is 26.3 Å². The van der Waals surface area contributed by atoms with Gasteiger partial charge in [-0.15, -0.1) is 0 Å². The molecule has 1 aromatic rings. The van der Waals surface area contributed by atoms with Crippen LogP contribution in [0.25, 0.3) is 0 Å². The molecule has 0 bridgehead atoms. The van der Waals surface area contributed by atoms with Gasteiger partial charge >= 0.3 is 0 Å². The lowest BCUT2D eigenvalue weighted by Crippen LogP contribution is -2.36. The average molecular weight is 274 g/mol. The summed E-state index contributed by atoms with van der Waals surface area (Å²) in [5.74, 6) is 1.23. The maximum atomic E-state index is 9.40. The first-order chi connectivity index (χ1) is 9.76. The number of benzene rings is 1. The number of rotatable bonds is 6. The normalized spacial score (nSPS) is 22.6. The SMILES string of the molecule is CC1CCN(CCCOc2ccccc2C#N)C1CO. The van der Waals surface area contributed by atoms with Crippen LogP contribution in [0.3, 0.4) is 0 Å². The van der Waals surface area contributed by atoms with Crippen molar-refractivity contribution >= 4 is 0 Å². The molecule has 1 N–H and O–H groups in total. The molecule has 108 valence electrons. The number of nitriles is 1. The van der Waals surface area contributed by atoms with Crippen molar-refractivity contribution < 1.29 is 9.84 Å². The second kappa shape index (κ2) is 7.28. The molecular weight excluding hydrogens is 252 g/mol. The number of para-hydroxylation sites is 1. The Labute approximate surface area is 120 Å². The topological polar surface area (TPSA) is 56.5 Å². The van der Waals surface area contributed by atoms with Crippen molar-refractivity contribution in [1.29, 1.82) is 5.26 Å². The molecule has 1 heterocycles. The van der Waals surface area contributed by atoms with E-state index < -0.39 is 0 Å². The zero-order chi connectivity index (χ0) is 14.4. The Morgan fingerprint density at radius 3 is 3.00 bits per heavy atom. The summed E-state index contributed by atoms with van der Waals surface area (Å²) in [6, 6.07) is 9.72. The second-order valence-corrected chi connectivity index (χ2v) is 5.36. The summed E-state index contributed by atoms with van der Waals surface area (Å²) < 4.78 is 5.67. The Morgan fingerprint density at radius 1 is 1.45 bits per heavy atom. The summed E-state index contributed by atoms with van der Waals surface area (Å²) in [7, 11) is 0. The van der Waals surface area contributed by atoms with Crippen LogP contribution in [-0.4, -0.2) is 42.4 Å². The molecule has 1 aliphatic heterocycles. The average Bonchev–Trinajstić information content (AvgIpc) is 2.84. The highest BCUT2D eigenvalue weighted by molar-refractivity contribution is 5.42. The molecule has 0 aliphatic carbocycles. The maximum absolute atomic E-state index is 9.40. The van der Waals surface area contributed by atoms with Crippen LogP contribution in [0.1, 0.15) is 25.3 Å².